The maximum Gasteiger partial charge on any atom is 0.350 e. The summed E-state index contributed by atoms with van der Waals surface area (Å²) in [7, 11) is 0. The zero-order chi connectivity index (χ0) is 12.4. The minimum absolute atomic E-state index is 0.157. The van der Waals surface area contributed by atoms with Crippen molar-refractivity contribution in [1.82, 2.24) is 19.8 Å². The lowest BCUT2D eigenvalue weighted by molar-refractivity contribution is 0.131. The van der Waals surface area contributed by atoms with Crippen LogP contribution in [0.5, 0.6) is 0 Å². The van der Waals surface area contributed by atoms with Gasteiger partial charge in [0, 0.05) is 25.7 Å². The van der Waals surface area contributed by atoms with Gasteiger partial charge in [-0.05, 0) is 6.92 Å². The van der Waals surface area contributed by atoms with Gasteiger partial charge < -0.3 is 11.1 Å². The van der Waals surface area contributed by atoms with E-state index >= 15 is 0 Å². The lowest BCUT2D eigenvalue weighted by Crippen LogP contribution is -2.51. The molecule has 2 rings (SSSR count). The first-order valence-electron chi connectivity index (χ1n) is 5.55. The number of piperazine rings is 1. The normalized spacial score (nSPS) is 21.6. The molecule has 1 saturated heterocycles. The number of nitrogens with zero attached hydrogens (tertiary/aromatic N) is 3. The highest BCUT2D eigenvalue weighted by Crippen LogP contribution is 2.08. The highest BCUT2D eigenvalue weighted by atomic mass is 19.1. The molecule has 0 aliphatic carbocycles. The molecule has 94 valence electrons. The van der Waals surface area contributed by atoms with E-state index in [1.165, 1.54) is 0 Å². The Morgan fingerprint density at radius 2 is 2.47 bits per heavy atom. The van der Waals surface area contributed by atoms with Crippen molar-refractivity contribution in [1.29, 1.82) is 0 Å². The maximum absolute atomic E-state index is 13.2. The van der Waals surface area contributed by atoms with E-state index in [2.05, 4.69) is 15.2 Å². The summed E-state index contributed by atoms with van der Waals surface area (Å²) in [6, 6.07) is 0.276. The molecule has 0 amide bonds. The van der Waals surface area contributed by atoms with Gasteiger partial charge >= 0.3 is 5.69 Å². The Hall–Kier alpha value is -1.47. The van der Waals surface area contributed by atoms with Gasteiger partial charge in [-0.3, -0.25) is 9.47 Å². The second kappa shape index (κ2) is 4.80. The average Bonchev–Trinajstić information content (AvgIpc) is 2.32. The highest BCUT2D eigenvalue weighted by molar-refractivity contribution is 5.28. The lowest BCUT2D eigenvalue weighted by Gasteiger charge is -2.34. The topological polar surface area (TPSA) is 76.2 Å². The molecule has 1 atom stereocenters. The smallest absolute Gasteiger partial charge is 0.350 e. The fourth-order valence-corrected chi connectivity index (χ4v) is 1.89. The van der Waals surface area contributed by atoms with Gasteiger partial charge in [0.2, 0.25) is 0 Å². The summed E-state index contributed by atoms with van der Waals surface area (Å²) >= 11 is 0. The summed E-state index contributed by atoms with van der Waals surface area (Å²) in [6.45, 7) is 4.81. The Morgan fingerprint density at radius 3 is 3.18 bits per heavy atom. The van der Waals surface area contributed by atoms with Crippen LogP contribution in [0.15, 0.2) is 11.0 Å². The molecule has 6 nitrogen and oxygen atoms in total. The van der Waals surface area contributed by atoms with Crippen LogP contribution < -0.4 is 16.7 Å². The van der Waals surface area contributed by atoms with Gasteiger partial charge in [0.1, 0.15) is 5.82 Å². The third-order valence-corrected chi connectivity index (χ3v) is 3.02. The molecule has 17 heavy (non-hydrogen) atoms. The van der Waals surface area contributed by atoms with Crippen LogP contribution in [0.25, 0.3) is 0 Å². The zero-order valence-electron chi connectivity index (χ0n) is 9.69. The van der Waals surface area contributed by atoms with E-state index in [0.29, 0.717) is 0 Å². The van der Waals surface area contributed by atoms with Gasteiger partial charge in [0.05, 0.1) is 12.9 Å². The number of anilines is 1. The summed E-state index contributed by atoms with van der Waals surface area (Å²) in [5, 5.41) is 3.24. The van der Waals surface area contributed by atoms with Gasteiger partial charge in [0.15, 0.2) is 5.82 Å². The molecule has 0 spiro atoms. The van der Waals surface area contributed by atoms with Crippen LogP contribution in [0.4, 0.5) is 10.2 Å². The molecule has 0 bridgehead atoms. The molecule has 0 saturated carbocycles. The van der Waals surface area contributed by atoms with E-state index < -0.39 is 11.5 Å². The van der Waals surface area contributed by atoms with E-state index in [9.17, 15) is 9.18 Å². The molecule has 2 heterocycles. The second-order valence-corrected chi connectivity index (χ2v) is 4.21. The fraction of sp³-hybridized carbons (Fsp3) is 0.600. The summed E-state index contributed by atoms with van der Waals surface area (Å²) < 4.78 is 14.4. The monoisotopic (exact) mass is 241 g/mol. The quantitative estimate of drug-likeness (QED) is 0.710. The number of halogens is 1. The van der Waals surface area contributed by atoms with Crippen molar-refractivity contribution in [3.8, 4) is 0 Å². The molecule has 3 N–H and O–H groups in total. The van der Waals surface area contributed by atoms with Gasteiger partial charge in [-0.15, -0.1) is 0 Å². The van der Waals surface area contributed by atoms with Crippen LogP contribution in [-0.2, 0) is 6.67 Å². The molecule has 0 aromatic carbocycles. The Labute approximate surface area is 98.2 Å². The van der Waals surface area contributed by atoms with E-state index in [1.807, 2.05) is 6.92 Å². The minimum atomic E-state index is -0.660. The number of nitrogens with two attached hydrogens (primary N) is 1. The van der Waals surface area contributed by atoms with Gasteiger partial charge in [-0.25, -0.2) is 9.18 Å². The lowest BCUT2D eigenvalue weighted by atomic mass is 10.2. The van der Waals surface area contributed by atoms with Gasteiger partial charge in [0.25, 0.3) is 0 Å². The predicted octanol–water partition coefficient (Wildman–Crippen LogP) is -0.784. The van der Waals surface area contributed by atoms with Crippen molar-refractivity contribution in [2.75, 3.05) is 25.4 Å². The zero-order valence-corrected chi connectivity index (χ0v) is 9.69. The number of aromatic nitrogens is 2. The molecule has 1 aliphatic heterocycles. The molecule has 1 unspecified atom stereocenters. The van der Waals surface area contributed by atoms with Gasteiger partial charge in [-0.2, -0.15) is 4.98 Å². The van der Waals surface area contributed by atoms with Gasteiger partial charge in [-0.1, -0.05) is 0 Å². The number of nitrogens with one attached hydrogen (secondary N) is 1. The van der Waals surface area contributed by atoms with Crippen LogP contribution in [0.3, 0.4) is 0 Å². The van der Waals surface area contributed by atoms with Crippen molar-refractivity contribution in [3.63, 3.8) is 0 Å². The number of hydrogen-bond acceptors (Lipinski definition) is 5. The Morgan fingerprint density at radius 1 is 1.71 bits per heavy atom. The molecule has 1 aromatic heterocycles. The van der Waals surface area contributed by atoms with Crippen molar-refractivity contribution in [2.45, 2.75) is 19.6 Å². The molecule has 0 radical (unpaired) electrons. The molecule has 7 heteroatoms. The van der Waals surface area contributed by atoms with Crippen LogP contribution in [0.1, 0.15) is 6.92 Å². The maximum atomic E-state index is 13.2. The summed E-state index contributed by atoms with van der Waals surface area (Å²) in [6.07, 6.45) is 0.857. The third kappa shape index (κ3) is 2.45. The standard InChI is InChI=1S/C10H16FN5O/c1-7-4-13-2-3-15(7)6-16-9(12)8(11)5-14-10(16)17/h5,7,13H,2-4,6,12H2,1H3. The molecule has 1 fully saturated rings. The Kier molecular flexibility index (Phi) is 3.39. The largest absolute Gasteiger partial charge is 0.382 e. The highest BCUT2D eigenvalue weighted by Gasteiger charge is 2.19. The second-order valence-electron chi connectivity index (χ2n) is 4.21. The molecular weight excluding hydrogens is 225 g/mol. The fourth-order valence-electron chi connectivity index (χ4n) is 1.89. The molecule has 1 aliphatic rings. The number of nitrogen functional groups attached to an aromatic ring is 1. The first-order chi connectivity index (χ1) is 8.09. The molecule has 1 aromatic rings. The van der Waals surface area contributed by atoms with Crippen LogP contribution >= 0.6 is 0 Å². The predicted molar refractivity (Wildman–Crippen MR) is 61.9 cm³/mol. The first kappa shape index (κ1) is 12.0. The minimum Gasteiger partial charge on any atom is -0.382 e. The van der Waals surface area contributed by atoms with Crippen molar-refractivity contribution < 1.29 is 4.39 Å². The SMILES string of the molecule is CC1CNCCN1Cn1c(N)c(F)cnc1=O. The van der Waals surface area contributed by atoms with Crippen molar-refractivity contribution >= 4 is 5.82 Å². The number of hydrogen-bond donors (Lipinski definition) is 2. The third-order valence-electron chi connectivity index (χ3n) is 3.02. The summed E-state index contributed by atoms with van der Waals surface area (Å²) in [5.41, 5.74) is 5.03. The average molecular weight is 241 g/mol. The van der Waals surface area contributed by atoms with Crippen LogP contribution in [-0.4, -0.2) is 40.1 Å². The van der Waals surface area contributed by atoms with Crippen LogP contribution in [0.2, 0.25) is 0 Å². The van der Waals surface area contributed by atoms with E-state index in [-0.39, 0.29) is 18.5 Å². The summed E-state index contributed by atoms with van der Waals surface area (Å²) in [5.74, 6) is -0.817. The van der Waals surface area contributed by atoms with Crippen molar-refractivity contribution in [2.24, 2.45) is 0 Å². The number of rotatable bonds is 2. The summed E-state index contributed by atoms with van der Waals surface area (Å²) in [4.78, 5) is 17.0. The Balaban J connectivity index is 2.23. The molecular formula is C10H16FN5O. The van der Waals surface area contributed by atoms with E-state index in [0.717, 1.165) is 30.4 Å². The Bertz CT molecular complexity index is 460. The van der Waals surface area contributed by atoms with E-state index in [4.69, 9.17) is 5.73 Å². The van der Waals surface area contributed by atoms with Crippen molar-refractivity contribution in [3.05, 3.63) is 22.5 Å². The first-order valence-corrected chi connectivity index (χ1v) is 5.55. The van der Waals surface area contributed by atoms with Crippen LogP contribution in [0, 0.1) is 5.82 Å². The van der Waals surface area contributed by atoms with E-state index in [1.54, 1.807) is 0 Å².